The van der Waals surface area contributed by atoms with Gasteiger partial charge in [0.15, 0.2) is 0 Å². The molecule has 0 atom stereocenters. The average Bonchev–Trinajstić information content (AvgIpc) is 2.92. The molecule has 0 bridgehead atoms. The number of nitrogens with two attached hydrogens (primary N) is 1. The number of carbonyl (C=O) groups is 2. The fourth-order valence-corrected chi connectivity index (χ4v) is 5.14. The number of pyridine rings is 1. The third kappa shape index (κ3) is 7.79. The second kappa shape index (κ2) is 14.6. The monoisotopic (exact) mass is 495 g/mol. The Morgan fingerprint density at radius 2 is 1.61 bits per heavy atom. The van der Waals surface area contributed by atoms with E-state index in [0.29, 0.717) is 18.9 Å². The predicted molar refractivity (Wildman–Crippen MR) is 147 cm³/mol. The molecular formula is C29H45N5O2. The van der Waals surface area contributed by atoms with Crippen LogP contribution in [-0.4, -0.2) is 52.8 Å². The van der Waals surface area contributed by atoms with Crippen molar-refractivity contribution < 1.29 is 9.59 Å². The van der Waals surface area contributed by atoms with E-state index in [-0.39, 0.29) is 23.3 Å². The predicted octanol–water partition coefficient (Wildman–Crippen LogP) is 4.58. The number of nitrogens with one attached hydrogen (secondary N) is 1. The molecule has 0 aliphatic carbocycles. The zero-order valence-electron chi connectivity index (χ0n) is 22.8. The number of carbonyl (C=O) groups excluding carboxylic acids is 2. The lowest BCUT2D eigenvalue weighted by atomic mass is 9.80. The summed E-state index contributed by atoms with van der Waals surface area (Å²) < 4.78 is 0. The standard InChI is InChI=1S/C25H33N5O2.2C2H6/c1-19(31)28-25(22-5-3-2-4-6-22)10-15-30(16-11-25)24(32)21-8-13-29(14-9-21)18-20-7-12-27-23(26)17-20;2*1-2/h2-7,12,17,21H,8-11,13-16,18H2,1H3,(H2,26,27)(H,28,31);2*1-2H3. The van der Waals surface area contributed by atoms with Gasteiger partial charge in [-0.15, -0.1) is 0 Å². The molecule has 0 radical (unpaired) electrons. The Hall–Kier alpha value is -2.93. The zero-order valence-corrected chi connectivity index (χ0v) is 22.8. The minimum Gasteiger partial charge on any atom is -0.384 e. The molecular weight excluding hydrogens is 450 g/mol. The molecule has 2 saturated heterocycles. The summed E-state index contributed by atoms with van der Waals surface area (Å²) in [5, 5.41) is 3.19. The molecule has 3 heterocycles. The molecule has 1 aromatic heterocycles. The number of benzene rings is 1. The van der Waals surface area contributed by atoms with Gasteiger partial charge in [0, 0.05) is 38.7 Å². The molecule has 2 fully saturated rings. The van der Waals surface area contributed by atoms with Gasteiger partial charge in [0.25, 0.3) is 0 Å². The molecule has 198 valence electrons. The SMILES string of the molecule is CC.CC.CC(=O)NC1(c2ccccc2)CCN(C(=O)C2CCN(Cc3ccnc(N)c3)CC2)CC1. The molecule has 7 nitrogen and oxygen atoms in total. The van der Waals surface area contributed by atoms with E-state index in [9.17, 15) is 9.59 Å². The smallest absolute Gasteiger partial charge is 0.225 e. The number of hydrogen-bond acceptors (Lipinski definition) is 5. The zero-order chi connectivity index (χ0) is 26.6. The van der Waals surface area contributed by atoms with E-state index in [1.54, 1.807) is 13.1 Å². The highest BCUT2D eigenvalue weighted by atomic mass is 16.2. The fraction of sp³-hybridized carbons (Fsp3) is 0.552. The summed E-state index contributed by atoms with van der Waals surface area (Å²) in [6, 6.07) is 14.0. The number of likely N-dealkylation sites (tertiary alicyclic amines) is 2. The topological polar surface area (TPSA) is 91.6 Å². The molecule has 2 aliphatic heterocycles. The lowest BCUT2D eigenvalue weighted by Gasteiger charge is -2.44. The van der Waals surface area contributed by atoms with Gasteiger partial charge in [-0.25, -0.2) is 4.98 Å². The van der Waals surface area contributed by atoms with Crippen molar-refractivity contribution in [3.8, 4) is 0 Å². The maximum Gasteiger partial charge on any atom is 0.225 e. The minimum absolute atomic E-state index is 0.0306. The van der Waals surface area contributed by atoms with E-state index < -0.39 is 0 Å². The van der Waals surface area contributed by atoms with Crippen LogP contribution in [0.5, 0.6) is 0 Å². The van der Waals surface area contributed by atoms with E-state index in [1.807, 2.05) is 62.9 Å². The van der Waals surface area contributed by atoms with Gasteiger partial charge in [0.2, 0.25) is 11.8 Å². The van der Waals surface area contributed by atoms with Crippen molar-refractivity contribution in [2.24, 2.45) is 5.92 Å². The van der Waals surface area contributed by atoms with Gasteiger partial charge in [-0.3, -0.25) is 14.5 Å². The van der Waals surface area contributed by atoms with Crippen LogP contribution in [0.25, 0.3) is 0 Å². The first-order chi connectivity index (χ1) is 17.4. The number of hydrogen-bond donors (Lipinski definition) is 2. The molecule has 0 unspecified atom stereocenters. The quantitative estimate of drug-likeness (QED) is 0.633. The normalized spacial score (nSPS) is 17.6. The lowest BCUT2D eigenvalue weighted by molar-refractivity contribution is -0.139. The van der Waals surface area contributed by atoms with Gasteiger partial charge >= 0.3 is 0 Å². The molecule has 4 rings (SSSR count). The first-order valence-electron chi connectivity index (χ1n) is 13.5. The highest BCUT2D eigenvalue weighted by molar-refractivity contribution is 5.79. The van der Waals surface area contributed by atoms with Crippen molar-refractivity contribution in [2.75, 3.05) is 31.9 Å². The largest absolute Gasteiger partial charge is 0.384 e. The van der Waals surface area contributed by atoms with Crippen LogP contribution >= 0.6 is 0 Å². The Kier molecular flexibility index (Phi) is 11.9. The number of anilines is 1. The summed E-state index contributed by atoms with van der Waals surface area (Å²) in [7, 11) is 0. The summed E-state index contributed by atoms with van der Waals surface area (Å²) in [6.45, 7) is 13.6. The highest BCUT2D eigenvalue weighted by Crippen LogP contribution is 2.34. The molecule has 1 aromatic carbocycles. The minimum atomic E-state index is -0.389. The molecule has 3 N–H and O–H groups in total. The first-order valence-corrected chi connectivity index (χ1v) is 13.5. The number of nitrogen functional groups attached to an aromatic ring is 1. The van der Waals surface area contributed by atoms with Crippen molar-refractivity contribution in [3.63, 3.8) is 0 Å². The Balaban J connectivity index is 0.00000109. The molecule has 0 saturated carbocycles. The molecule has 36 heavy (non-hydrogen) atoms. The number of piperidine rings is 2. The van der Waals surface area contributed by atoms with Crippen LogP contribution < -0.4 is 11.1 Å². The van der Waals surface area contributed by atoms with E-state index in [1.165, 1.54) is 0 Å². The average molecular weight is 496 g/mol. The van der Waals surface area contributed by atoms with Crippen molar-refractivity contribution >= 4 is 17.6 Å². The molecule has 7 heteroatoms. The van der Waals surface area contributed by atoms with Crippen molar-refractivity contribution in [2.45, 2.75) is 72.4 Å². The van der Waals surface area contributed by atoms with E-state index >= 15 is 0 Å². The van der Waals surface area contributed by atoms with E-state index in [2.05, 4.69) is 27.3 Å². The lowest BCUT2D eigenvalue weighted by Crippen LogP contribution is -2.54. The fourth-order valence-electron chi connectivity index (χ4n) is 5.14. The van der Waals surface area contributed by atoms with E-state index in [4.69, 9.17) is 5.73 Å². The summed E-state index contributed by atoms with van der Waals surface area (Å²) >= 11 is 0. The van der Waals surface area contributed by atoms with Crippen LogP contribution in [0.1, 0.15) is 71.4 Å². The number of nitrogens with zero attached hydrogens (tertiary/aromatic N) is 3. The van der Waals surface area contributed by atoms with Crippen molar-refractivity contribution in [1.82, 2.24) is 20.1 Å². The second-order valence-electron chi connectivity index (χ2n) is 9.09. The second-order valence-corrected chi connectivity index (χ2v) is 9.09. The van der Waals surface area contributed by atoms with Gasteiger partial charge in [-0.1, -0.05) is 58.0 Å². The Morgan fingerprint density at radius 1 is 1.00 bits per heavy atom. The number of rotatable bonds is 5. The van der Waals surface area contributed by atoms with Crippen LogP contribution in [0.2, 0.25) is 0 Å². The summed E-state index contributed by atoms with van der Waals surface area (Å²) in [4.78, 5) is 33.6. The van der Waals surface area contributed by atoms with Crippen LogP contribution in [0.4, 0.5) is 5.82 Å². The molecule has 2 amide bonds. The Labute approximate surface area is 217 Å². The van der Waals surface area contributed by atoms with Crippen LogP contribution in [0.3, 0.4) is 0 Å². The maximum absolute atomic E-state index is 13.2. The van der Waals surface area contributed by atoms with Crippen LogP contribution in [0.15, 0.2) is 48.7 Å². The molecule has 2 aliphatic rings. The van der Waals surface area contributed by atoms with Gasteiger partial charge in [-0.05, 0) is 62.0 Å². The number of aromatic nitrogens is 1. The van der Waals surface area contributed by atoms with Gasteiger partial charge in [-0.2, -0.15) is 0 Å². The van der Waals surface area contributed by atoms with E-state index in [0.717, 1.165) is 56.4 Å². The third-order valence-electron chi connectivity index (χ3n) is 6.86. The Bertz CT molecular complexity index is 934. The maximum atomic E-state index is 13.2. The van der Waals surface area contributed by atoms with Crippen molar-refractivity contribution in [1.29, 1.82) is 0 Å². The van der Waals surface area contributed by atoms with Crippen molar-refractivity contribution in [3.05, 3.63) is 59.8 Å². The van der Waals surface area contributed by atoms with Crippen LogP contribution in [-0.2, 0) is 21.7 Å². The highest BCUT2D eigenvalue weighted by Gasteiger charge is 2.39. The number of amides is 2. The third-order valence-corrected chi connectivity index (χ3v) is 6.86. The first kappa shape index (κ1) is 29.3. The molecule has 0 spiro atoms. The summed E-state index contributed by atoms with van der Waals surface area (Å²) in [6.07, 6.45) is 4.99. The summed E-state index contributed by atoms with van der Waals surface area (Å²) in [5.41, 5.74) is 7.68. The Morgan fingerprint density at radius 3 is 2.17 bits per heavy atom. The van der Waals surface area contributed by atoms with Crippen LogP contribution in [0, 0.1) is 5.92 Å². The van der Waals surface area contributed by atoms with Gasteiger partial charge in [0.05, 0.1) is 5.54 Å². The van der Waals surface area contributed by atoms with Gasteiger partial charge < -0.3 is 16.0 Å². The summed E-state index contributed by atoms with van der Waals surface area (Å²) in [5.74, 6) is 0.863. The van der Waals surface area contributed by atoms with Gasteiger partial charge in [0.1, 0.15) is 5.82 Å². The molecule has 2 aromatic rings.